The molecule has 0 spiro atoms. The van der Waals surface area contributed by atoms with Crippen LogP contribution >= 0.6 is 0 Å². The molecule has 0 bridgehead atoms. The number of hydrogen-bond acceptors (Lipinski definition) is 4. The Kier molecular flexibility index (Phi) is 4.15. The average Bonchev–Trinajstić information content (AvgIpc) is 2.65. The van der Waals surface area contributed by atoms with Gasteiger partial charge in [0.25, 0.3) is 0 Å². The molecule has 0 atom stereocenters. The van der Waals surface area contributed by atoms with E-state index in [-0.39, 0.29) is 0 Å². The minimum atomic E-state index is 0.519. The van der Waals surface area contributed by atoms with E-state index in [2.05, 4.69) is 23.8 Å². The number of hydrogen-bond donors (Lipinski definition) is 1. The third-order valence-corrected chi connectivity index (χ3v) is 2.88. The lowest BCUT2D eigenvalue weighted by Crippen LogP contribution is -2.10. The molecule has 2 N–H and O–H groups in total. The maximum absolute atomic E-state index is 5.88. The fraction of sp³-hybridized carbons (Fsp3) is 0.538. The van der Waals surface area contributed by atoms with Crippen molar-refractivity contribution in [1.29, 1.82) is 0 Å². The van der Waals surface area contributed by atoms with E-state index in [9.17, 15) is 0 Å². The van der Waals surface area contributed by atoms with E-state index >= 15 is 0 Å². The maximum Gasteiger partial charge on any atom is 0.201 e. The number of nitrogen functional groups attached to an aromatic ring is 1. The molecule has 2 heterocycles. The molecule has 0 aliphatic carbocycles. The van der Waals surface area contributed by atoms with Gasteiger partial charge in [-0.15, -0.1) is 0 Å². The molecule has 0 aliphatic heterocycles. The summed E-state index contributed by atoms with van der Waals surface area (Å²) in [4.78, 5) is 8.30. The smallest absolute Gasteiger partial charge is 0.201 e. The molecule has 5 heteroatoms. The van der Waals surface area contributed by atoms with Crippen molar-refractivity contribution in [3.63, 3.8) is 0 Å². The number of nitrogens with zero attached hydrogens (tertiary/aromatic N) is 3. The number of pyridine rings is 1. The zero-order chi connectivity index (χ0) is 13.0. The van der Waals surface area contributed by atoms with E-state index in [4.69, 9.17) is 10.5 Å². The van der Waals surface area contributed by atoms with Gasteiger partial charge in [0.05, 0.1) is 18.3 Å². The Morgan fingerprint density at radius 2 is 2.22 bits per heavy atom. The number of nitrogens with two attached hydrogens (primary N) is 1. The largest absolute Gasteiger partial charge is 0.380 e. The number of imidazole rings is 1. The van der Waals surface area contributed by atoms with Crippen molar-refractivity contribution < 1.29 is 4.74 Å². The van der Waals surface area contributed by atoms with Gasteiger partial charge in [0, 0.05) is 19.3 Å². The highest BCUT2D eigenvalue weighted by atomic mass is 16.5. The zero-order valence-corrected chi connectivity index (χ0v) is 11.0. The van der Waals surface area contributed by atoms with Crippen LogP contribution in [0.15, 0.2) is 18.5 Å². The van der Waals surface area contributed by atoms with Crippen LogP contribution in [0.3, 0.4) is 0 Å². The monoisotopic (exact) mass is 248 g/mol. The first-order valence-electron chi connectivity index (χ1n) is 6.32. The van der Waals surface area contributed by atoms with Crippen molar-refractivity contribution >= 4 is 17.0 Å². The predicted molar refractivity (Wildman–Crippen MR) is 72.2 cm³/mol. The van der Waals surface area contributed by atoms with Crippen LogP contribution in [0.4, 0.5) is 5.95 Å². The van der Waals surface area contributed by atoms with Gasteiger partial charge in [0.15, 0.2) is 0 Å². The van der Waals surface area contributed by atoms with E-state index in [1.54, 1.807) is 12.4 Å². The molecular weight excluding hydrogens is 228 g/mol. The van der Waals surface area contributed by atoms with Gasteiger partial charge >= 0.3 is 0 Å². The minimum absolute atomic E-state index is 0.519. The number of aromatic nitrogens is 3. The fourth-order valence-electron chi connectivity index (χ4n) is 1.81. The Balaban J connectivity index is 1.93. The summed E-state index contributed by atoms with van der Waals surface area (Å²) >= 11 is 0. The average molecular weight is 248 g/mol. The maximum atomic E-state index is 5.88. The summed E-state index contributed by atoms with van der Waals surface area (Å²) in [5.74, 6) is 1.20. The van der Waals surface area contributed by atoms with Crippen LogP contribution in [-0.4, -0.2) is 27.7 Å². The molecule has 0 fully saturated rings. The van der Waals surface area contributed by atoms with Crippen LogP contribution in [-0.2, 0) is 11.3 Å². The van der Waals surface area contributed by atoms with Gasteiger partial charge < -0.3 is 15.0 Å². The fourth-order valence-corrected chi connectivity index (χ4v) is 1.81. The third-order valence-electron chi connectivity index (χ3n) is 2.88. The van der Waals surface area contributed by atoms with Crippen LogP contribution in [0.5, 0.6) is 0 Å². The predicted octanol–water partition coefficient (Wildman–Crippen LogP) is 2.08. The van der Waals surface area contributed by atoms with E-state index in [0.29, 0.717) is 18.5 Å². The zero-order valence-electron chi connectivity index (χ0n) is 11.0. The summed E-state index contributed by atoms with van der Waals surface area (Å²) in [7, 11) is 0. The van der Waals surface area contributed by atoms with Gasteiger partial charge in [-0.25, -0.2) is 4.98 Å². The van der Waals surface area contributed by atoms with Crippen molar-refractivity contribution in [1.82, 2.24) is 14.5 Å². The second kappa shape index (κ2) is 5.82. The highest BCUT2D eigenvalue weighted by Gasteiger charge is 2.07. The van der Waals surface area contributed by atoms with Crippen molar-refractivity contribution in [2.75, 3.05) is 18.9 Å². The molecule has 0 amide bonds. The summed E-state index contributed by atoms with van der Waals surface area (Å²) in [5.41, 5.74) is 7.72. The van der Waals surface area contributed by atoms with Crippen molar-refractivity contribution in [2.24, 2.45) is 5.92 Å². The molecule has 0 aromatic carbocycles. The van der Waals surface area contributed by atoms with Crippen molar-refractivity contribution in [2.45, 2.75) is 26.8 Å². The second-order valence-electron chi connectivity index (χ2n) is 4.78. The van der Waals surface area contributed by atoms with E-state index < -0.39 is 0 Å². The quantitative estimate of drug-likeness (QED) is 0.795. The Hall–Kier alpha value is -1.62. The summed E-state index contributed by atoms with van der Waals surface area (Å²) in [6.45, 7) is 6.57. The molecule has 2 aromatic heterocycles. The van der Waals surface area contributed by atoms with Crippen LogP contribution in [0.25, 0.3) is 11.0 Å². The first-order valence-corrected chi connectivity index (χ1v) is 6.32. The highest BCUT2D eigenvalue weighted by Crippen LogP contribution is 2.15. The molecule has 0 unspecified atom stereocenters. The Bertz CT molecular complexity index is 507. The molecule has 0 aliphatic rings. The lowest BCUT2D eigenvalue weighted by atomic mass is 10.1. The Morgan fingerprint density at radius 1 is 1.39 bits per heavy atom. The standard InChI is InChI=1S/C13H20N4O/c1-10(2)4-7-18-8-6-17-12-3-5-15-9-11(12)16-13(17)14/h3,5,9-10H,4,6-8H2,1-2H3,(H2,14,16). The summed E-state index contributed by atoms with van der Waals surface area (Å²) < 4.78 is 7.57. The highest BCUT2D eigenvalue weighted by molar-refractivity contribution is 5.76. The SMILES string of the molecule is CC(C)CCOCCn1c(N)nc2cnccc21. The van der Waals surface area contributed by atoms with Crippen LogP contribution < -0.4 is 5.73 Å². The van der Waals surface area contributed by atoms with Gasteiger partial charge in [0.2, 0.25) is 5.95 Å². The van der Waals surface area contributed by atoms with E-state index in [1.165, 1.54) is 0 Å². The Morgan fingerprint density at radius 3 is 3.00 bits per heavy atom. The number of rotatable bonds is 6. The molecular formula is C13H20N4O. The molecule has 18 heavy (non-hydrogen) atoms. The molecule has 5 nitrogen and oxygen atoms in total. The normalized spacial score (nSPS) is 11.5. The van der Waals surface area contributed by atoms with Crippen LogP contribution in [0.2, 0.25) is 0 Å². The molecule has 0 saturated heterocycles. The lowest BCUT2D eigenvalue weighted by molar-refractivity contribution is 0.117. The van der Waals surface area contributed by atoms with E-state index in [0.717, 1.165) is 30.6 Å². The van der Waals surface area contributed by atoms with Gasteiger partial charge in [-0.1, -0.05) is 13.8 Å². The number of anilines is 1. The molecule has 2 rings (SSSR count). The van der Waals surface area contributed by atoms with Crippen LogP contribution in [0, 0.1) is 5.92 Å². The molecule has 0 saturated carbocycles. The summed E-state index contributed by atoms with van der Waals surface area (Å²) in [6.07, 6.45) is 4.56. The topological polar surface area (TPSA) is 66.0 Å². The van der Waals surface area contributed by atoms with Gasteiger partial charge in [-0.3, -0.25) is 4.98 Å². The van der Waals surface area contributed by atoms with Gasteiger partial charge in [0.1, 0.15) is 5.52 Å². The Labute approximate surface area is 107 Å². The van der Waals surface area contributed by atoms with E-state index in [1.807, 2.05) is 10.6 Å². The molecule has 0 radical (unpaired) electrons. The summed E-state index contributed by atoms with van der Waals surface area (Å²) in [5, 5.41) is 0. The second-order valence-corrected chi connectivity index (χ2v) is 4.78. The van der Waals surface area contributed by atoms with Crippen LogP contribution in [0.1, 0.15) is 20.3 Å². The third kappa shape index (κ3) is 2.98. The minimum Gasteiger partial charge on any atom is -0.380 e. The first kappa shape index (κ1) is 12.8. The van der Waals surface area contributed by atoms with Gasteiger partial charge in [-0.05, 0) is 18.4 Å². The van der Waals surface area contributed by atoms with Crippen molar-refractivity contribution in [3.8, 4) is 0 Å². The summed E-state index contributed by atoms with van der Waals surface area (Å²) in [6, 6.07) is 1.92. The van der Waals surface area contributed by atoms with Crippen molar-refractivity contribution in [3.05, 3.63) is 18.5 Å². The molecule has 98 valence electrons. The number of fused-ring (bicyclic) bond motifs is 1. The number of ether oxygens (including phenoxy) is 1. The molecule has 2 aromatic rings. The first-order chi connectivity index (χ1) is 8.68. The van der Waals surface area contributed by atoms with Gasteiger partial charge in [-0.2, -0.15) is 0 Å². The lowest BCUT2D eigenvalue weighted by Gasteiger charge is -2.08.